The summed E-state index contributed by atoms with van der Waals surface area (Å²) in [5, 5.41) is 10.1. The molecule has 0 amide bonds. The Morgan fingerprint density at radius 3 is 2.62 bits per heavy atom. The molecule has 0 aliphatic heterocycles. The minimum absolute atomic E-state index is 0.279. The Hall–Kier alpha value is -1.26. The summed E-state index contributed by atoms with van der Waals surface area (Å²) in [5.41, 5.74) is 6.43. The van der Waals surface area contributed by atoms with Crippen molar-refractivity contribution >= 4 is 5.69 Å². The zero-order chi connectivity index (χ0) is 15.2. The van der Waals surface area contributed by atoms with E-state index in [0.29, 0.717) is 24.0 Å². The van der Waals surface area contributed by atoms with Gasteiger partial charge in [-0.2, -0.15) is 0 Å². The average molecular weight is 292 g/mol. The second-order valence-corrected chi connectivity index (χ2v) is 6.36. The standard InChI is InChI=1S/C17H28N2O2/c1-13-7-9-14(10-8-13)19(2)11-15(20)12-21-17-6-4-3-5-16(17)18/h3-6,13-15,20H,7-12,18H2,1-2H3. The molecule has 3 N–H and O–H groups in total. The van der Waals surface area contributed by atoms with E-state index in [1.807, 2.05) is 18.2 Å². The molecule has 0 spiro atoms. The predicted octanol–water partition coefficient (Wildman–Crippen LogP) is 2.52. The zero-order valence-corrected chi connectivity index (χ0v) is 13.2. The van der Waals surface area contributed by atoms with Crippen LogP contribution in [0, 0.1) is 5.92 Å². The van der Waals surface area contributed by atoms with E-state index in [0.717, 1.165) is 5.92 Å². The number of nitrogens with two attached hydrogens (primary N) is 1. The maximum Gasteiger partial charge on any atom is 0.142 e. The van der Waals surface area contributed by atoms with Crippen molar-refractivity contribution in [3.05, 3.63) is 24.3 Å². The highest BCUT2D eigenvalue weighted by Crippen LogP contribution is 2.26. The molecule has 1 aromatic carbocycles. The molecule has 1 fully saturated rings. The van der Waals surface area contributed by atoms with Crippen LogP contribution in [-0.4, -0.2) is 42.4 Å². The minimum atomic E-state index is -0.492. The topological polar surface area (TPSA) is 58.7 Å². The Morgan fingerprint density at radius 2 is 1.95 bits per heavy atom. The van der Waals surface area contributed by atoms with Gasteiger partial charge in [0, 0.05) is 12.6 Å². The Balaban J connectivity index is 1.74. The molecule has 1 atom stereocenters. The first-order chi connectivity index (χ1) is 10.1. The van der Waals surface area contributed by atoms with Gasteiger partial charge in [0.25, 0.3) is 0 Å². The van der Waals surface area contributed by atoms with Crippen molar-refractivity contribution in [2.75, 3.05) is 25.9 Å². The van der Waals surface area contributed by atoms with Gasteiger partial charge in [-0.05, 0) is 50.8 Å². The predicted molar refractivity (Wildman–Crippen MR) is 86.4 cm³/mol. The summed E-state index contributed by atoms with van der Waals surface area (Å²) in [6.45, 7) is 3.25. The molecule has 0 saturated heterocycles. The summed E-state index contributed by atoms with van der Waals surface area (Å²) >= 11 is 0. The normalized spacial score (nSPS) is 24.0. The largest absolute Gasteiger partial charge is 0.489 e. The smallest absolute Gasteiger partial charge is 0.142 e. The fourth-order valence-corrected chi connectivity index (χ4v) is 3.02. The first-order valence-corrected chi connectivity index (χ1v) is 7.92. The van der Waals surface area contributed by atoms with E-state index >= 15 is 0 Å². The van der Waals surface area contributed by atoms with Gasteiger partial charge in [0.2, 0.25) is 0 Å². The number of aliphatic hydroxyl groups excluding tert-OH is 1. The number of nitrogen functional groups attached to an aromatic ring is 1. The van der Waals surface area contributed by atoms with Gasteiger partial charge in [0.1, 0.15) is 18.5 Å². The van der Waals surface area contributed by atoms with E-state index in [1.165, 1.54) is 25.7 Å². The molecular weight excluding hydrogens is 264 g/mol. The van der Waals surface area contributed by atoms with Crippen molar-refractivity contribution < 1.29 is 9.84 Å². The van der Waals surface area contributed by atoms with Crippen LogP contribution in [0.15, 0.2) is 24.3 Å². The molecule has 21 heavy (non-hydrogen) atoms. The number of aliphatic hydroxyl groups is 1. The highest BCUT2D eigenvalue weighted by atomic mass is 16.5. The van der Waals surface area contributed by atoms with E-state index < -0.39 is 6.10 Å². The van der Waals surface area contributed by atoms with E-state index in [1.54, 1.807) is 6.07 Å². The van der Waals surface area contributed by atoms with Crippen LogP contribution in [0.2, 0.25) is 0 Å². The van der Waals surface area contributed by atoms with E-state index in [2.05, 4.69) is 18.9 Å². The van der Waals surface area contributed by atoms with Gasteiger partial charge in [-0.25, -0.2) is 0 Å². The van der Waals surface area contributed by atoms with Crippen molar-refractivity contribution in [3.63, 3.8) is 0 Å². The minimum Gasteiger partial charge on any atom is -0.489 e. The van der Waals surface area contributed by atoms with Crippen LogP contribution in [-0.2, 0) is 0 Å². The highest BCUT2D eigenvalue weighted by Gasteiger charge is 2.23. The molecule has 1 saturated carbocycles. The van der Waals surface area contributed by atoms with Crippen LogP contribution in [0.3, 0.4) is 0 Å². The van der Waals surface area contributed by atoms with E-state index in [-0.39, 0.29) is 6.61 Å². The number of nitrogens with zero attached hydrogens (tertiary/aromatic N) is 1. The number of hydrogen-bond acceptors (Lipinski definition) is 4. The quantitative estimate of drug-likeness (QED) is 0.791. The first-order valence-electron chi connectivity index (χ1n) is 7.92. The Bertz CT molecular complexity index is 431. The fraction of sp³-hybridized carbons (Fsp3) is 0.647. The number of likely N-dealkylation sites (N-methyl/N-ethyl adjacent to an activating group) is 1. The number of anilines is 1. The van der Waals surface area contributed by atoms with Crippen molar-refractivity contribution in [2.45, 2.75) is 44.8 Å². The summed E-state index contributed by atoms with van der Waals surface area (Å²) in [7, 11) is 2.10. The number of benzene rings is 1. The highest BCUT2D eigenvalue weighted by molar-refractivity contribution is 5.51. The Kier molecular flexibility index (Phi) is 5.88. The Morgan fingerprint density at radius 1 is 1.29 bits per heavy atom. The molecule has 0 radical (unpaired) electrons. The van der Waals surface area contributed by atoms with Gasteiger partial charge in [-0.1, -0.05) is 19.1 Å². The number of rotatable bonds is 6. The first kappa shape index (κ1) is 16.1. The van der Waals surface area contributed by atoms with Crippen LogP contribution in [0.5, 0.6) is 5.75 Å². The lowest BCUT2D eigenvalue weighted by Gasteiger charge is -2.34. The third-order valence-corrected chi connectivity index (χ3v) is 4.46. The lowest BCUT2D eigenvalue weighted by Crippen LogP contribution is -2.41. The molecule has 0 heterocycles. The van der Waals surface area contributed by atoms with E-state index in [4.69, 9.17) is 10.5 Å². The van der Waals surface area contributed by atoms with Gasteiger partial charge in [0.05, 0.1) is 5.69 Å². The summed E-state index contributed by atoms with van der Waals surface area (Å²) in [6, 6.07) is 7.98. The van der Waals surface area contributed by atoms with Crippen LogP contribution in [0.25, 0.3) is 0 Å². The number of ether oxygens (including phenoxy) is 1. The monoisotopic (exact) mass is 292 g/mol. The van der Waals surface area contributed by atoms with Crippen molar-refractivity contribution in [3.8, 4) is 5.75 Å². The SMILES string of the molecule is CC1CCC(N(C)CC(O)COc2ccccc2N)CC1. The summed E-state index contributed by atoms with van der Waals surface area (Å²) < 4.78 is 5.60. The third kappa shape index (κ3) is 4.90. The molecule has 118 valence electrons. The van der Waals surface area contributed by atoms with Gasteiger partial charge < -0.3 is 20.5 Å². The van der Waals surface area contributed by atoms with Crippen LogP contribution >= 0.6 is 0 Å². The summed E-state index contributed by atoms with van der Waals surface area (Å²) in [6.07, 6.45) is 4.56. The van der Waals surface area contributed by atoms with Gasteiger partial charge >= 0.3 is 0 Å². The number of hydrogen-bond donors (Lipinski definition) is 2. The van der Waals surface area contributed by atoms with Crippen LogP contribution < -0.4 is 10.5 Å². The molecule has 2 rings (SSSR count). The molecule has 4 nitrogen and oxygen atoms in total. The molecule has 0 aromatic heterocycles. The molecule has 1 aromatic rings. The van der Waals surface area contributed by atoms with E-state index in [9.17, 15) is 5.11 Å². The molecule has 4 heteroatoms. The molecule has 1 unspecified atom stereocenters. The Labute approximate surface area is 127 Å². The second-order valence-electron chi connectivity index (χ2n) is 6.36. The second kappa shape index (κ2) is 7.66. The maximum absolute atomic E-state index is 10.1. The maximum atomic E-state index is 10.1. The van der Waals surface area contributed by atoms with Gasteiger partial charge in [-0.3, -0.25) is 0 Å². The third-order valence-electron chi connectivity index (χ3n) is 4.46. The lowest BCUT2D eigenvalue weighted by atomic mass is 9.87. The van der Waals surface area contributed by atoms with Crippen molar-refractivity contribution in [2.24, 2.45) is 5.92 Å². The summed E-state index contributed by atoms with van der Waals surface area (Å²) in [4.78, 5) is 2.27. The fourth-order valence-electron chi connectivity index (χ4n) is 3.02. The number of para-hydroxylation sites is 2. The van der Waals surface area contributed by atoms with Gasteiger partial charge in [0.15, 0.2) is 0 Å². The average Bonchev–Trinajstić information content (AvgIpc) is 2.47. The summed E-state index contributed by atoms with van der Waals surface area (Å²) in [5.74, 6) is 1.50. The molecule has 1 aliphatic rings. The molecule has 1 aliphatic carbocycles. The van der Waals surface area contributed by atoms with Crippen molar-refractivity contribution in [1.29, 1.82) is 0 Å². The molecular formula is C17H28N2O2. The molecule has 0 bridgehead atoms. The van der Waals surface area contributed by atoms with Crippen molar-refractivity contribution in [1.82, 2.24) is 4.90 Å². The lowest BCUT2D eigenvalue weighted by molar-refractivity contribution is 0.0534. The van der Waals surface area contributed by atoms with Crippen LogP contribution in [0.4, 0.5) is 5.69 Å². The zero-order valence-electron chi connectivity index (χ0n) is 13.2. The van der Waals surface area contributed by atoms with Crippen LogP contribution in [0.1, 0.15) is 32.6 Å². The van der Waals surface area contributed by atoms with Gasteiger partial charge in [-0.15, -0.1) is 0 Å².